The van der Waals surface area contributed by atoms with E-state index in [0.717, 1.165) is 5.56 Å². The number of nitrogens with one attached hydrogen (secondary N) is 1. The van der Waals surface area contributed by atoms with Crippen LogP contribution in [0.3, 0.4) is 0 Å². The first-order valence-corrected chi connectivity index (χ1v) is 9.23. The third kappa shape index (κ3) is 4.25. The maximum absolute atomic E-state index is 13.0. The van der Waals surface area contributed by atoms with Crippen LogP contribution in [0, 0.1) is 0 Å². The number of ether oxygens (including phenoxy) is 1. The highest BCUT2D eigenvalue weighted by Gasteiger charge is 2.15. The van der Waals surface area contributed by atoms with Crippen molar-refractivity contribution in [3.05, 3.63) is 90.3 Å². The fourth-order valence-corrected chi connectivity index (χ4v) is 3.16. The molecule has 30 heavy (non-hydrogen) atoms. The van der Waals surface area contributed by atoms with Gasteiger partial charge in [-0.25, -0.2) is 4.98 Å². The number of alkyl halides is 2. The highest BCUT2D eigenvalue weighted by molar-refractivity contribution is 6.07. The fraction of sp³-hybridized carbons (Fsp3) is 0.0870. The van der Waals surface area contributed by atoms with E-state index in [0.29, 0.717) is 27.7 Å². The molecule has 0 radical (unpaired) electrons. The molecule has 0 atom stereocenters. The van der Waals surface area contributed by atoms with E-state index in [1.807, 2.05) is 30.3 Å². The van der Waals surface area contributed by atoms with Gasteiger partial charge in [0.15, 0.2) is 0 Å². The summed E-state index contributed by atoms with van der Waals surface area (Å²) in [4.78, 5) is 21.7. The monoisotopic (exact) mass is 405 g/mol. The predicted octanol–water partition coefficient (Wildman–Crippen LogP) is 4.83. The summed E-state index contributed by atoms with van der Waals surface area (Å²) < 4.78 is 29.8. The summed E-state index contributed by atoms with van der Waals surface area (Å²) in [5, 5.41) is 3.49. The van der Waals surface area contributed by atoms with Crippen LogP contribution in [0.25, 0.3) is 22.2 Å². The largest absolute Gasteiger partial charge is 0.434 e. The van der Waals surface area contributed by atoms with E-state index in [9.17, 15) is 13.6 Å². The molecule has 0 saturated carbocycles. The molecule has 0 fully saturated rings. The Hall–Kier alpha value is -3.87. The Bertz CT molecular complexity index is 1180. The van der Waals surface area contributed by atoms with Gasteiger partial charge in [-0.05, 0) is 30.3 Å². The van der Waals surface area contributed by atoms with Gasteiger partial charge < -0.3 is 10.1 Å². The van der Waals surface area contributed by atoms with Crippen LogP contribution in [0.15, 0.2) is 79.1 Å². The average Bonchev–Trinajstić information content (AvgIpc) is 2.77. The number of aromatic nitrogens is 2. The fourth-order valence-electron chi connectivity index (χ4n) is 3.16. The van der Waals surface area contributed by atoms with E-state index in [1.54, 1.807) is 42.7 Å². The Morgan fingerprint density at radius 3 is 2.63 bits per heavy atom. The van der Waals surface area contributed by atoms with Crippen LogP contribution < -0.4 is 10.1 Å². The van der Waals surface area contributed by atoms with Crippen molar-refractivity contribution in [1.82, 2.24) is 15.3 Å². The average molecular weight is 405 g/mol. The van der Waals surface area contributed by atoms with Gasteiger partial charge in [-0.1, -0.05) is 36.4 Å². The molecular weight excluding hydrogens is 388 g/mol. The van der Waals surface area contributed by atoms with Crippen molar-refractivity contribution in [2.45, 2.75) is 13.2 Å². The summed E-state index contributed by atoms with van der Waals surface area (Å²) in [6, 6.07) is 19.1. The second-order valence-electron chi connectivity index (χ2n) is 6.48. The van der Waals surface area contributed by atoms with Crippen LogP contribution in [-0.2, 0) is 6.54 Å². The number of carbonyl (C=O) groups excluding carboxylic acids is 1. The summed E-state index contributed by atoms with van der Waals surface area (Å²) in [6.07, 6.45) is 3.34. The molecule has 1 N–H and O–H groups in total. The number of amides is 1. The Morgan fingerprint density at radius 2 is 1.83 bits per heavy atom. The van der Waals surface area contributed by atoms with Crippen molar-refractivity contribution >= 4 is 16.8 Å². The maximum atomic E-state index is 13.0. The van der Waals surface area contributed by atoms with E-state index in [2.05, 4.69) is 20.0 Å². The SMILES string of the molecule is O=C(NCc1ccccc1OC(F)F)c1cc(-c2cccnc2)nc2ccccc12. The molecular formula is C23H17F2N3O2. The number of hydrogen-bond acceptors (Lipinski definition) is 4. The summed E-state index contributed by atoms with van der Waals surface area (Å²) in [5.41, 5.74) is 2.97. The van der Waals surface area contributed by atoms with Crippen molar-refractivity contribution in [3.63, 3.8) is 0 Å². The van der Waals surface area contributed by atoms with Crippen LogP contribution in [0.2, 0.25) is 0 Å². The minimum absolute atomic E-state index is 0.0310. The van der Waals surface area contributed by atoms with Gasteiger partial charge in [0.05, 0.1) is 16.8 Å². The smallest absolute Gasteiger partial charge is 0.387 e. The van der Waals surface area contributed by atoms with E-state index in [-0.39, 0.29) is 18.2 Å². The molecule has 0 bridgehead atoms. The van der Waals surface area contributed by atoms with E-state index >= 15 is 0 Å². The van der Waals surface area contributed by atoms with Crippen molar-refractivity contribution in [2.75, 3.05) is 0 Å². The Balaban J connectivity index is 1.65. The van der Waals surface area contributed by atoms with Crippen LogP contribution in [0.1, 0.15) is 15.9 Å². The number of nitrogens with zero attached hydrogens (tertiary/aromatic N) is 2. The van der Waals surface area contributed by atoms with Gasteiger partial charge in [-0.15, -0.1) is 0 Å². The van der Waals surface area contributed by atoms with E-state index in [4.69, 9.17) is 0 Å². The maximum Gasteiger partial charge on any atom is 0.387 e. The molecule has 1 amide bonds. The minimum Gasteiger partial charge on any atom is -0.434 e. The molecule has 7 heteroatoms. The summed E-state index contributed by atoms with van der Waals surface area (Å²) >= 11 is 0. The predicted molar refractivity (Wildman–Crippen MR) is 109 cm³/mol. The van der Waals surface area contributed by atoms with Gasteiger partial charge >= 0.3 is 6.61 Å². The van der Waals surface area contributed by atoms with Crippen LogP contribution >= 0.6 is 0 Å². The van der Waals surface area contributed by atoms with Gasteiger partial charge in [-0.3, -0.25) is 9.78 Å². The van der Waals surface area contributed by atoms with Gasteiger partial charge in [0.2, 0.25) is 0 Å². The van der Waals surface area contributed by atoms with E-state index < -0.39 is 6.61 Å². The zero-order chi connectivity index (χ0) is 20.9. The quantitative estimate of drug-likeness (QED) is 0.499. The number of halogens is 2. The second kappa shape index (κ2) is 8.65. The number of carbonyl (C=O) groups is 1. The Labute approximate surface area is 171 Å². The van der Waals surface area contributed by atoms with E-state index in [1.165, 1.54) is 6.07 Å². The summed E-state index contributed by atoms with van der Waals surface area (Å²) in [5.74, 6) is -0.311. The number of rotatable bonds is 6. The normalized spacial score (nSPS) is 10.9. The third-order valence-electron chi connectivity index (χ3n) is 4.55. The van der Waals surface area contributed by atoms with Crippen molar-refractivity contribution in [2.24, 2.45) is 0 Å². The van der Waals surface area contributed by atoms with Gasteiger partial charge in [0.1, 0.15) is 5.75 Å². The Morgan fingerprint density at radius 1 is 1.03 bits per heavy atom. The highest BCUT2D eigenvalue weighted by Crippen LogP contribution is 2.25. The first-order chi connectivity index (χ1) is 14.6. The van der Waals surface area contributed by atoms with Crippen LogP contribution in [0.5, 0.6) is 5.75 Å². The number of pyridine rings is 2. The first kappa shape index (κ1) is 19.4. The number of benzene rings is 2. The first-order valence-electron chi connectivity index (χ1n) is 9.23. The topological polar surface area (TPSA) is 64.1 Å². The molecule has 0 aliphatic carbocycles. The summed E-state index contributed by atoms with van der Waals surface area (Å²) in [7, 11) is 0. The zero-order valence-corrected chi connectivity index (χ0v) is 15.8. The standard InChI is InChI=1S/C23H17F2N3O2/c24-23(25)30-21-10-4-1-6-16(21)14-27-22(29)18-12-20(15-7-5-11-26-13-15)28-19-9-3-2-8-17(18)19/h1-13,23H,14H2,(H,27,29). The zero-order valence-electron chi connectivity index (χ0n) is 15.8. The molecule has 4 rings (SSSR count). The summed E-state index contributed by atoms with van der Waals surface area (Å²) in [6.45, 7) is -2.89. The molecule has 2 heterocycles. The van der Waals surface area contributed by atoms with Crippen LogP contribution in [0.4, 0.5) is 8.78 Å². The molecule has 0 saturated heterocycles. The lowest BCUT2D eigenvalue weighted by Crippen LogP contribution is -2.23. The van der Waals surface area contributed by atoms with Gasteiger partial charge in [0.25, 0.3) is 5.91 Å². The van der Waals surface area contributed by atoms with Crippen LogP contribution in [-0.4, -0.2) is 22.5 Å². The number of fused-ring (bicyclic) bond motifs is 1. The van der Waals surface area contributed by atoms with Crippen molar-refractivity contribution in [1.29, 1.82) is 0 Å². The molecule has 0 aliphatic rings. The lowest BCUT2D eigenvalue weighted by molar-refractivity contribution is -0.0504. The lowest BCUT2D eigenvalue weighted by Gasteiger charge is -2.13. The Kier molecular flexibility index (Phi) is 5.61. The minimum atomic E-state index is -2.94. The molecule has 5 nitrogen and oxygen atoms in total. The number of hydrogen-bond donors (Lipinski definition) is 1. The lowest BCUT2D eigenvalue weighted by atomic mass is 10.0. The van der Waals surface area contributed by atoms with Gasteiger partial charge in [0, 0.05) is 35.5 Å². The molecule has 4 aromatic rings. The molecule has 2 aromatic carbocycles. The second-order valence-corrected chi connectivity index (χ2v) is 6.48. The molecule has 0 unspecified atom stereocenters. The highest BCUT2D eigenvalue weighted by atomic mass is 19.3. The molecule has 150 valence electrons. The van der Waals surface area contributed by atoms with Crippen molar-refractivity contribution in [3.8, 4) is 17.0 Å². The van der Waals surface area contributed by atoms with Gasteiger partial charge in [-0.2, -0.15) is 8.78 Å². The molecule has 0 spiro atoms. The third-order valence-corrected chi connectivity index (χ3v) is 4.55. The number of para-hydroxylation sites is 2. The molecule has 0 aliphatic heterocycles. The molecule has 2 aromatic heterocycles. The van der Waals surface area contributed by atoms with Crippen molar-refractivity contribution < 1.29 is 18.3 Å².